The molecule has 114 valence electrons. The molecule has 1 unspecified atom stereocenters. The highest BCUT2D eigenvalue weighted by Gasteiger charge is 2.28. The zero-order valence-electron chi connectivity index (χ0n) is 12.6. The number of nitrogens with two attached hydrogens (primary N) is 1. The largest absolute Gasteiger partial charge is 0.343 e. The molecule has 1 aromatic rings. The molecule has 1 aromatic carbocycles. The number of carbonyl (C=O) groups excluding carboxylic acids is 1. The van der Waals surface area contributed by atoms with E-state index < -0.39 is 0 Å². The first kappa shape index (κ1) is 14.5. The number of nitrogens with zero attached hydrogens (tertiary/aromatic N) is 2. The van der Waals surface area contributed by atoms with Crippen LogP contribution in [0.3, 0.4) is 0 Å². The molecule has 1 fully saturated rings. The summed E-state index contributed by atoms with van der Waals surface area (Å²) in [5, 5.41) is 0. The number of likely N-dealkylation sites (tertiary alicyclic amines) is 1. The second kappa shape index (κ2) is 6.58. The van der Waals surface area contributed by atoms with E-state index in [2.05, 4.69) is 29.2 Å². The van der Waals surface area contributed by atoms with Crippen molar-refractivity contribution in [2.75, 3.05) is 19.6 Å². The fourth-order valence-corrected chi connectivity index (χ4v) is 3.45. The lowest BCUT2D eigenvalue weighted by Crippen LogP contribution is -2.44. The number of hydrogen-bond donors (Lipinski definition) is 1. The predicted molar refractivity (Wildman–Crippen MR) is 83.6 cm³/mol. The molecule has 0 aromatic heterocycles. The van der Waals surface area contributed by atoms with Crippen molar-refractivity contribution in [1.82, 2.24) is 9.80 Å². The Hall–Kier alpha value is -1.39. The number of benzene rings is 1. The highest BCUT2D eigenvalue weighted by Crippen LogP contribution is 2.25. The van der Waals surface area contributed by atoms with Gasteiger partial charge in [-0.15, -0.1) is 0 Å². The molecule has 4 heteroatoms. The third kappa shape index (κ3) is 3.27. The van der Waals surface area contributed by atoms with Crippen LogP contribution in [0.1, 0.15) is 36.8 Å². The first-order valence-corrected chi connectivity index (χ1v) is 8.06. The van der Waals surface area contributed by atoms with Crippen molar-refractivity contribution in [2.45, 2.75) is 44.8 Å². The third-order valence-corrected chi connectivity index (χ3v) is 4.77. The maximum Gasteiger partial charge on any atom is 0.224 e. The summed E-state index contributed by atoms with van der Waals surface area (Å²) in [5.74, 6) is 0.279. The van der Waals surface area contributed by atoms with Crippen LogP contribution in [0.15, 0.2) is 24.3 Å². The van der Waals surface area contributed by atoms with E-state index in [1.54, 1.807) is 0 Å². The molecule has 21 heavy (non-hydrogen) atoms. The average Bonchev–Trinajstić information content (AvgIpc) is 2.97. The Balaban J connectivity index is 1.60. The van der Waals surface area contributed by atoms with Crippen molar-refractivity contribution in [3.8, 4) is 0 Å². The minimum absolute atomic E-state index is 0.159. The van der Waals surface area contributed by atoms with E-state index >= 15 is 0 Å². The van der Waals surface area contributed by atoms with Gasteiger partial charge in [-0.2, -0.15) is 0 Å². The Kier molecular flexibility index (Phi) is 4.56. The van der Waals surface area contributed by atoms with Crippen molar-refractivity contribution in [2.24, 2.45) is 5.73 Å². The van der Waals surface area contributed by atoms with Crippen LogP contribution in [0.2, 0.25) is 0 Å². The van der Waals surface area contributed by atoms with Crippen molar-refractivity contribution in [3.05, 3.63) is 35.4 Å². The Morgan fingerprint density at radius 3 is 2.29 bits per heavy atom. The molecule has 1 amide bonds. The van der Waals surface area contributed by atoms with Gasteiger partial charge in [0.2, 0.25) is 5.91 Å². The van der Waals surface area contributed by atoms with Gasteiger partial charge in [0.1, 0.15) is 0 Å². The molecule has 4 nitrogen and oxygen atoms in total. The maximum absolute atomic E-state index is 12.4. The van der Waals surface area contributed by atoms with Gasteiger partial charge in [-0.3, -0.25) is 9.69 Å². The summed E-state index contributed by atoms with van der Waals surface area (Å²) in [4.78, 5) is 16.8. The topological polar surface area (TPSA) is 49.6 Å². The lowest BCUT2D eigenvalue weighted by atomic mass is 10.1. The summed E-state index contributed by atoms with van der Waals surface area (Å²) >= 11 is 0. The van der Waals surface area contributed by atoms with E-state index in [1.165, 1.54) is 17.5 Å². The summed E-state index contributed by atoms with van der Waals surface area (Å²) in [5.41, 5.74) is 8.71. The SMILES string of the molecule is NCC(CC(=O)N1CCCCC1)N1Cc2ccccc2C1. The molecule has 0 saturated carbocycles. The molecule has 1 saturated heterocycles. The van der Waals surface area contributed by atoms with E-state index in [4.69, 9.17) is 5.73 Å². The second-order valence-electron chi connectivity index (χ2n) is 6.21. The smallest absolute Gasteiger partial charge is 0.224 e. The van der Waals surface area contributed by atoms with Gasteiger partial charge in [-0.1, -0.05) is 24.3 Å². The molecule has 0 bridgehead atoms. The van der Waals surface area contributed by atoms with Crippen LogP contribution < -0.4 is 5.73 Å². The van der Waals surface area contributed by atoms with E-state index in [1.807, 2.05) is 4.90 Å². The molecule has 0 radical (unpaired) electrons. The predicted octanol–water partition coefficient (Wildman–Crippen LogP) is 1.73. The molecule has 3 rings (SSSR count). The summed E-state index contributed by atoms with van der Waals surface area (Å²) in [6, 6.07) is 8.68. The fraction of sp³-hybridized carbons (Fsp3) is 0.588. The zero-order valence-corrected chi connectivity index (χ0v) is 12.6. The fourth-order valence-electron chi connectivity index (χ4n) is 3.45. The van der Waals surface area contributed by atoms with Crippen LogP contribution in [0.25, 0.3) is 0 Å². The second-order valence-corrected chi connectivity index (χ2v) is 6.21. The Bertz CT molecular complexity index is 472. The molecule has 1 atom stereocenters. The Morgan fingerprint density at radius 2 is 1.71 bits per heavy atom. The number of fused-ring (bicyclic) bond motifs is 1. The minimum atomic E-state index is 0.159. The molecule has 2 aliphatic heterocycles. The molecule has 2 N–H and O–H groups in total. The van der Waals surface area contributed by atoms with Gasteiger partial charge < -0.3 is 10.6 Å². The van der Waals surface area contributed by atoms with Gasteiger partial charge in [0.25, 0.3) is 0 Å². The summed E-state index contributed by atoms with van der Waals surface area (Å²) in [7, 11) is 0. The molecule has 0 aliphatic carbocycles. The summed E-state index contributed by atoms with van der Waals surface area (Å²) < 4.78 is 0. The van der Waals surface area contributed by atoms with Crippen LogP contribution in [-0.2, 0) is 17.9 Å². The van der Waals surface area contributed by atoms with Gasteiger partial charge in [0.15, 0.2) is 0 Å². The van der Waals surface area contributed by atoms with E-state index in [9.17, 15) is 4.79 Å². The number of rotatable bonds is 4. The van der Waals surface area contributed by atoms with Gasteiger partial charge in [-0.25, -0.2) is 0 Å². The standard InChI is InChI=1S/C17H25N3O/c18-11-16(10-17(21)19-8-4-1-5-9-19)20-12-14-6-2-3-7-15(14)13-20/h2-3,6-7,16H,1,4-5,8-13,18H2. The van der Waals surface area contributed by atoms with E-state index in [0.29, 0.717) is 13.0 Å². The highest BCUT2D eigenvalue weighted by atomic mass is 16.2. The average molecular weight is 287 g/mol. The van der Waals surface area contributed by atoms with Crippen LogP contribution in [0.5, 0.6) is 0 Å². The van der Waals surface area contributed by atoms with Gasteiger partial charge >= 0.3 is 0 Å². The summed E-state index contributed by atoms with van der Waals surface area (Å²) in [6.07, 6.45) is 4.11. The van der Waals surface area contributed by atoms with Crippen molar-refractivity contribution < 1.29 is 4.79 Å². The molecule has 2 heterocycles. The Labute approximate surface area is 126 Å². The van der Waals surface area contributed by atoms with Crippen molar-refractivity contribution >= 4 is 5.91 Å². The quantitative estimate of drug-likeness (QED) is 0.917. The van der Waals surface area contributed by atoms with E-state index in [-0.39, 0.29) is 11.9 Å². The van der Waals surface area contributed by atoms with Gasteiger partial charge in [0, 0.05) is 45.2 Å². The lowest BCUT2D eigenvalue weighted by molar-refractivity contribution is -0.133. The van der Waals surface area contributed by atoms with Crippen molar-refractivity contribution in [1.29, 1.82) is 0 Å². The first-order chi connectivity index (χ1) is 10.3. The third-order valence-electron chi connectivity index (χ3n) is 4.77. The number of piperidine rings is 1. The lowest BCUT2D eigenvalue weighted by Gasteiger charge is -2.31. The number of carbonyl (C=O) groups is 1. The number of amides is 1. The van der Waals surface area contributed by atoms with Crippen LogP contribution >= 0.6 is 0 Å². The molecular formula is C17H25N3O. The normalized spacial score (nSPS) is 20.3. The van der Waals surface area contributed by atoms with Gasteiger partial charge in [-0.05, 0) is 30.4 Å². The molecular weight excluding hydrogens is 262 g/mol. The Morgan fingerprint density at radius 1 is 1.10 bits per heavy atom. The first-order valence-electron chi connectivity index (χ1n) is 8.06. The summed E-state index contributed by atoms with van der Waals surface area (Å²) in [6.45, 7) is 4.25. The van der Waals surface area contributed by atoms with Crippen LogP contribution in [0.4, 0.5) is 0 Å². The van der Waals surface area contributed by atoms with Crippen molar-refractivity contribution in [3.63, 3.8) is 0 Å². The maximum atomic E-state index is 12.4. The van der Waals surface area contributed by atoms with Crippen LogP contribution in [0, 0.1) is 0 Å². The van der Waals surface area contributed by atoms with Crippen LogP contribution in [-0.4, -0.2) is 41.4 Å². The van der Waals surface area contributed by atoms with E-state index in [0.717, 1.165) is 39.0 Å². The number of hydrogen-bond acceptors (Lipinski definition) is 3. The minimum Gasteiger partial charge on any atom is -0.343 e. The van der Waals surface area contributed by atoms with Gasteiger partial charge in [0.05, 0.1) is 0 Å². The highest BCUT2D eigenvalue weighted by molar-refractivity contribution is 5.77. The molecule has 2 aliphatic rings. The zero-order chi connectivity index (χ0) is 14.7. The monoisotopic (exact) mass is 287 g/mol. The molecule has 0 spiro atoms.